The first kappa shape index (κ1) is 21.0. The molecule has 152 valence electrons. The van der Waals surface area contributed by atoms with Gasteiger partial charge in [-0.3, -0.25) is 0 Å². The van der Waals surface area contributed by atoms with Crippen molar-refractivity contribution in [1.29, 1.82) is 0 Å². The molecule has 0 aliphatic carbocycles. The Labute approximate surface area is 162 Å². The first-order chi connectivity index (χ1) is 13.3. The molecule has 2 amide bonds. The zero-order chi connectivity index (χ0) is 20.8. The first-order valence-corrected chi connectivity index (χ1v) is 9.14. The highest BCUT2D eigenvalue weighted by Gasteiger charge is 2.25. The van der Waals surface area contributed by atoms with Gasteiger partial charge in [0.15, 0.2) is 0 Å². The molecule has 0 saturated heterocycles. The minimum Gasteiger partial charge on any atom is -0.378 e. The number of hydrogen-bond acceptors (Lipinski definition) is 5. The summed E-state index contributed by atoms with van der Waals surface area (Å²) in [6.07, 6.45) is 1.28. The SMILES string of the molecule is CCCNC(=O)n1c(=O)n(-c2ccc(N(C)C)cc2)c(=O)n1C(=O)NCCC. The summed E-state index contributed by atoms with van der Waals surface area (Å²) in [5.41, 5.74) is -0.691. The van der Waals surface area contributed by atoms with Crippen molar-refractivity contribution in [2.75, 3.05) is 32.1 Å². The summed E-state index contributed by atoms with van der Waals surface area (Å²) in [6.45, 7) is 4.31. The summed E-state index contributed by atoms with van der Waals surface area (Å²) in [7, 11) is 3.72. The van der Waals surface area contributed by atoms with Gasteiger partial charge in [-0.05, 0) is 37.1 Å². The van der Waals surface area contributed by atoms with Gasteiger partial charge in [0.05, 0.1) is 5.69 Å². The third-order valence-corrected chi connectivity index (χ3v) is 4.01. The number of carbonyl (C=O) groups excluding carboxylic acids is 2. The highest BCUT2D eigenvalue weighted by molar-refractivity contribution is 5.82. The summed E-state index contributed by atoms with van der Waals surface area (Å²) in [4.78, 5) is 52.5. The van der Waals surface area contributed by atoms with E-state index in [1.807, 2.05) is 32.8 Å². The molecule has 1 aromatic heterocycles. The molecule has 0 aliphatic rings. The van der Waals surface area contributed by atoms with Crippen LogP contribution in [0.2, 0.25) is 0 Å². The Morgan fingerprint density at radius 3 is 1.64 bits per heavy atom. The van der Waals surface area contributed by atoms with Gasteiger partial charge in [-0.25, -0.2) is 23.7 Å². The largest absolute Gasteiger partial charge is 0.378 e. The normalized spacial score (nSPS) is 10.6. The molecule has 1 aromatic carbocycles. The van der Waals surface area contributed by atoms with E-state index in [0.717, 1.165) is 10.3 Å². The van der Waals surface area contributed by atoms with Crippen LogP contribution in [0.1, 0.15) is 26.7 Å². The lowest BCUT2D eigenvalue weighted by atomic mass is 10.2. The van der Waals surface area contributed by atoms with E-state index in [1.165, 1.54) is 0 Å². The van der Waals surface area contributed by atoms with Crippen LogP contribution < -0.4 is 26.9 Å². The number of amides is 2. The monoisotopic (exact) mass is 390 g/mol. The molecular formula is C18H26N6O4. The van der Waals surface area contributed by atoms with Crippen LogP contribution in [0.3, 0.4) is 0 Å². The van der Waals surface area contributed by atoms with Crippen molar-refractivity contribution < 1.29 is 9.59 Å². The van der Waals surface area contributed by atoms with E-state index in [4.69, 9.17) is 0 Å². The molecule has 10 nitrogen and oxygen atoms in total. The minimum absolute atomic E-state index is 0.264. The summed E-state index contributed by atoms with van der Waals surface area (Å²) >= 11 is 0. The van der Waals surface area contributed by atoms with Gasteiger partial charge in [0.2, 0.25) is 0 Å². The molecular weight excluding hydrogens is 364 g/mol. The van der Waals surface area contributed by atoms with Gasteiger partial charge in [-0.1, -0.05) is 13.8 Å². The standard InChI is InChI=1S/C18H26N6O4/c1-5-11-19-15(25)23-17(27)22(14-9-7-13(8-10-14)21(3)4)18(28)24(23)16(26)20-12-6-2/h7-10H,5-6,11-12H2,1-4H3,(H,19,25)(H,20,26). The predicted molar refractivity (Wildman–Crippen MR) is 107 cm³/mol. The topological polar surface area (TPSA) is 110 Å². The highest BCUT2D eigenvalue weighted by Crippen LogP contribution is 2.13. The lowest BCUT2D eigenvalue weighted by Crippen LogP contribution is -2.46. The first-order valence-electron chi connectivity index (χ1n) is 9.14. The predicted octanol–water partition coefficient (Wildman–Crippen LogP) is 0.802. The van der Waals surface area contributed by atoms with E-state index in [-0.39, 0.29) is 5.69 Å². The molecule has 28 heavy (non-hydrogen) atoms. The van der Waals surface area contributed by atoms with Crippen molar-refractivity contribution in [3.8, 4) is 5.69 Å². The average Bonchev–Trinajstić information content (AvgIpc) is 2.94. The lowest BCUT2D eigenvalue weighted by molar-refractivity contribution is 0.222. The third kappa shape index (κ3) is 4.16. The zero-order valence-corrected chi connectivity index (χ0v) is 16.6. The fourth-order valence-electron chi connectivity index (χ4n) is 2.53. The van der Waals surface area contributed by atoms with E-state index in [2.05, 4.69) is 10.6 Å². The Bertz CT molecular complexity index is 900. The van der Waals surface area contributed by atoms with Crippen LogP contribution in [0.25, 0.3) is 5.69 Å². The van der Waals surface area contributed by atoms with Gasteiger partial charge in [-0.2, -0.15) is 0 Å². The van der Waals surface area contributed by atoms with Crippen LogP contribution in [0.5, 0.6) is 0 Å². The van der Waals surface area contributed by atoms with Crippen LogP contribution >= 0.6 is 0 Å². The smallest absolute Gasteiger partial charge is 0.361 e. The summed E-state index contributed by atoms with van der Waals surface area (Å²) in [5.74, 6) is 0. The Kier molecular flexibility index (Phi) is 6.80. The molecule has 0 bridgehead atoms. The molecule has 2 aromatic rings. The number of nitrogens with zero attached hydrogens (tertiary/aromatic N) is 4. The molecule has 0 atom stereocenters. The van der Waals surface area contributed by atoms with Gasteiger partial charge in [-0.15, -0.1) is 9.36 Å². The fraction of sp³-hybridized carbons (Fsp3) is 0.444. The van der Waals surface area contributed by atoms with E-state index in [1.54, 1.807) is 24.3 Å². The van der Waals surface area contributed by atoms with Crippen molar-refractivity contribution in [3.63, 3.8) is 0 Å². The number of rotatable bonds is 6. The van der Waals surface area contributed by atoms with E-state index in [9.17, 15) is 19.2 Å². The Hall–Kier alpha value is -3.30. The maximum atomic E-state index is 12.9. The summed E-state index contributed by atoms with van der Waals surface area (Å²) < 4.78 is 1.86. The number of benzene rings is 1. The minimum atomic E-state index is -0.914. The third-order valence-electron chi connectivity index (χ3n) is 4.01. The van der Waals surface area contributed by atoms with Gasteiger partial charge in [0.1, 0.15) is 0 Å². The van der Waals surface area contributed by atoms with Crippen LogP contribution in [0.4, 0.5) is 15.3 Å². The fourth-order valence-corrected chi connectivity index (χ4v) is 2.53. The maximum Gasteiger partial charge on any atom is 0.361 e. The number of nitrogens with one attached hydrogen (secondary N) is 2. The van der Waals surface area contributed by atoms with Gasteiger partial charge < -0.3 is 15.5 Å². The van der Waals surface area contributed by atoms with Crippen LogP contribution in [-0.4, -0.2) is 53.2 Å². The summed E-state index contributed by atoms with van der Waals surface area (Å²) in [5, 5.41) is 5.04. The van der Waals surface area contributed by atoms with Crippen LogP contribution in [0, 0.1) is 0 Å². The molecule has 0 unspecified atom stereocenters. The molecule has 0 radical (unpaired) electrons. The molecule has 0 spiro atoms. The molecule has 10 heteroatoms. The highest BCUT2D eigenvalue weighted by atomic mass is 16.2. The number of aromatic nitrogens is 3. The number of hydrogen-bond donors (Lipinski definition) is 2. The molecule has 2 N–H and O–H groups in total. The van der Waals surface area contributed by atoms with Crippen molar-refractivity contribution in [2.24, 2.45) is 0 Å². The van der Waals surface area contributed by atoms with E-state index in [0.29, 0.717) is 35.3 Å². The van der Waals surface area contributed by atoms with Crippen molar-refractivity contribution in [1.82, 2.24) is 24.6 Å². The van der Waals surface area contributed by atoms with Crippen LogP contribution in [0.15, 0.2) is 33.9 Å². The van der Waals surface area contributed by atoms with Crippen molar-refractivity contribution in [3.05, 3.63) is 45.2 Å². The Morgan fingerprint density at radius 2 is 1.29 bits per heavy atom. The second-order valence-electron chi connectivity index (χ2n) is 6.40. The Morgan fingerprint density at radius 1 is 0.857 bits per heavy atom. The van der Waals surface area contributed by atoms with Crippen molar-refractivity contribution >= 4 is 17.7 Å². The summed E-state index contributed by atoms with van der Waals surface area (Å²) in [6, 6.07) is 4.97. The second-order valence-corrected chi connectivity index (χ2v) is 6.40. The molecule has 0 fully saturated rings. The van der Waals surface area contributed by atoms with Crippen molar-refractivity contribution in [2.45, 2.75) is 26.7 Å². The maximum absolute atomic E-state index is 12.9. The van der Waals surface area contributed by atoms with Crippen LogP contribution in [-0.2, 0) is 0 Å². The average molecular weight is 390 g/mol. The molecule has 2 rings (SSSR count). The quantitative estimate of drug-likeness (QED) is 0.758. The zero-order valence-electron chi connectivity index (χ0n) is 16.6. The number of carbonyl (C=O) groups is 2. The van der Waals surface area contributed by atoms with E-state index < -0.39 is 23.4 Å². The number of anilines is 1. The second kappa shape index (κ2) is 9.07. The van der Waals surface area contributed by atoms with Gasteiger partial charge >= 0.3 is 23.4 Å². The molecule has 0 saturated carbocycles. The van der Waals surface area contributed by atoms with E-state index >= 15 is 0 Å². The molecule has 0 aliphatic heterocycles. The van der Waals surface area contributed by atoms with Gasteiger partial charge in [0, 0.05) is 32.9 Å². The lowest BCUT2D eigenvalue weighted by Gasteiger charge is -2.12. The van der Waals surface area contributed by atoms with Gasteiger partial charge in [0.25, 0.3) is 0 Å². The molecule has 1 heterocycles. The Balaban J connectivity index is 2.62.